The Kier molecular flexibility index (Phi) is 3.88. The predicted molar refractivity (Wildman–Crippen MR) is 71.9 cm³/mol. The number of hydrogen-bond acceptors (Lipinski definition) is 4. The fourth-order valence-electron chi connectivity index (χ4n) is 1.60. The molecule has 0 saturated heterocycles. The van der Waals surface area contributed by atoms with Crippen molar-refractivity contribution in [3.8, 4) is 6.07 Å². The van der Waals surface area contributed by atoms with E-state index < -0.39 is 5.97 Å². The third kappa shape index (κ3) is 2.95. The highest BCUT2D eigenvalue weighted by molar-refractivity contribution is 9.10. The Hall–Kier alpha value is -2.26. The molecule has 96 valence electrons. The van der Waals surface area contributed by atoms with Crippen molar-refractivity contribution in [3.63, 3.8) is 0 Å². The van der Waals surface area contributed by atoms with Crippen LogP contribution < -0.4 is 5.32 Å². The number of carbonyl (C=O) groups is 1. The normalized spacial score (nSPS) is 9.89. The molecule has 2 aromatic rings. The lowest BCUT2D eigenvalue weighted by Crippen LogP contribution is -2.05. The minimum Gasteiger partial charge on any atom is -0.478 e. The second-order valence-corrected chi connectivity index (χ2v) is 4.63. The molecule has 0 saturated carbocycles. The molecule has 0 aliphatic carbocycles. The van der Waals surface area contributed by atoms with Crippen molar-refractivity contribution in [2.24, 2.45) is 0 Å². The molecule has 2 N–H and O–H groups in total. The third-order valence-corrected chi connectivity index (χ3v) is 3.01. The van der Waals surface area contributed by atoms with Crippen LogP contribution in [0.15, 0.2) is 39.4 Å². The van der Waals surface area contributed by atoms with Crippen LogP contribution >= 0.6 is 15.9 Å². The van der Waals surface area contributed by atoms with Gasteiger partial charge in [0.05, 0.1) is 24.1 Å². The number of anilines is 1. The summed E-state index contributed by atoms with van der Waals surface area (Å²) in [4.78, 5) is 10.9. The van der Waals surface area contributed by atoms with Crippen molar-refractivity contribution >= 4 is 27.6 Å². The van der Waals surface area contributed by atoms with Gasteiger partial charge in [0.1, 0.15) is 17.4 Å². The van der Waals surface area contributed by atoms with E-state index >= 15 is 0 Å². The molecule has 2 rings (SSSR count). The summed E-state index contributed by atoms with van der Waals surface area (Å²) < 4.78 is 5.94. The monoisotopic (exact) mass is 320 g/mol. The second-order valence-electron chi connectivity index (χ2n) is 3.72. The molecule has 19 heavy (non-hydrogen) atoms. The molecule has 1 aromatic carbocycles. The van der Waals surface area contributed by atoms with Crippen LogP contribution in [-0.2, 0) is 6.54 Å². The topological polar surface area (TPSA) is 86.3 Å². The highest BCUT2D eigenvalue weighted by Gasteiger charge is 2.13. The Morgan fingerprint density at radius 2 is 2.26 bits per heavy atom. The maximum absolute atomic E-state index is 10.9. The van der Waals surface area contributed by atoms with E-state index in [0.29, 0.717) is 17.0 Å². The van der Waals surface area contributed by atoms with Crippen LogP contribution in [0.2, 0.25) is 0 Å². The van der Waals surface area contributed by atoms with E-state index in [1.165, 1.54) is 12.3 Å². The van der Waals surface area contributed by atoms with Gasteiger partial charge in [-0.2, -0.15) is 5.26 Å². The second kappa shape index (κ2) is 5.59. The van der Waals surface area contributed by atoms with Gasteiger partial charge >= 0.3 is 5.97 Å². The molecule has 1 heterocycles. The summed E-state index contributed by atoms with van der Waals surface area (Å²) in [7, 11) is 0. The lowest BCUT2D eigenvalue weighted by Gasteiger charge is -2.07. The number of carboxylic acids is 1. The van der Waals surface area contributed by atoms with Crippen LogP contribution in [0, 0.1) is 11.3 Å². The first kappa shape index (κ1) is 13.2. The van der Waals surface area contributed by atoms with E-state index in [1.807, 2.05) is 0 Å². The molecule has 0 amide bonds. The van der Waals surface area contributed by atoms with E-state index in [0.717, 1.165) is 4.47 Å². The summed E-state index contributed by atoms with van der Waals surface area (Å²) in [6, 6.07) is 8.64. The fraction of sp³-hybridized carbons (Fsp3) is 0.0769. The maximum Gasteiger partial charge on any atom is 0.339 e. The maximum atomic E-state index is 10.9. The van der Waals surface area contributed by atoms with Crippen molar-refractivity contribution in [2.45, 2.75) is 6.54 Å². The summed E-state index contributed by atoms with van der Waals surface area (Å²) in [6.45, 7) is 0.194. The van der Waals surface area contributed by atoms with Crippen LogP contribution in [0.1, 0.15) is 21.7 Å². The molecule has 0 atom stereocenters. The zero-order chi connectivity index (χ0) is 13.8. The first-order valence-corrected chi connectivity index (χ1v) is 6.14. The van der Waals surface area contributed by atoms with Crippen molar-refractivity contribution in [1.82, 2.24) is 0 Å². The van der Waals surface area contributed by atoms with Gasteiger partial charge in [-0.05, 0) is 24.3 Å². The van der Waals surface area contributed by atoms with E-state index in [4.69, 9.17) is 14.8 Å². The number of furan rings is 1. The first-order valence-electron chi connectivity index (χ1n) is 5.35. The molecule has 6 heteroatoms. The Bertz CT molecular complexity index is 658. The molecule has 5 nitrogen and oxygen atoms in total. The predicted octanol–water partition coefficient (Wildman–Crippen LogP) is 3.22. The Labute approximate surface area is 117 Å². The fourth-order valence-corrected chi connectivity index (χ4v) is 1.96. The molecule has 0 radical (unpaired) electrons. The average molecular weight is 321 g/mol. The van der Waals surface area contributed by atoms with Crippen LogP contribution in [0.5, 0.6) is 0 Å². The molecule has 0 spiro atoms. The van der Waals surface area contributed by atoms with Gasteiger partial charge in [0.2, 0.25) is 0 Å². The summed E-state index contributed by atoms with van der Waals surface area (Å²) in [6.07, 6.45) is 1.33. The van der Waals surface area contributed by atoms with Gasteiger partial charge in [0.15, 0.2) is 0 Å². The van der Waals surface area contributed by atoms with Gasteiger partial charge < -0.3 is 14.8 Å². The first-order chi connectivity index (χ1) is 9.11. The number of nitrogens with one attached hydrogen (secondary N) is 1. The largest absolute Gasteiger partial charge is 0.478 e. The summed E-state index contributed by atoms with van der Waals surface area (Å²) >= 11 is 3.31. The van der Waals surface area contributed by atoms with Crippen LogP contribution in [0.3, 0.4) is 0 Å². The smallest absolute Gasteiger partial charge is 0.339 e. The number of aromatic carboxylic acids is 1. The average Bonchev–Trinajstić information content (AvgIpc) is 2.85. The molecular formula is C13H9BrN2O3. The molecule has 0 aliphatic heterocycles. The number of nitriles is 1. The lowest BCUT2D eigenvalue weighted by molar-refractivity contribution is 0.0694. The number of rotatable bonds is 4. The molecule has 0 aliphatic rings. The minimum absolute atomic E-state index is 0.112. The van der Waals surface area contributed by atoms with E-state index in [2.05, 4.69) is 27.3 Å². The van der Waals surface area contributed by atoms with Crippen molar-refractivity contribution < 1.29 is 14.3 Å². The highest BCUT2D eigenvalue weighted by Crippen LogP contribution is 2.22. The van der Waals surface area contributed by atoms with Crippen LogP contribution in [0.25, 0.3) is 0 Å². The van der Waals surface area contributed by atoms with E-state index in [-0.39, 0.29) is 12.1 Å². The van der Waals surface area contributed by atoms with E-state index in [9.17, 15) is 4.79 Å². The SMILES string of the molecule is N#Cc1ccc(Br)cc1NCc1occc1C(=O)O. The quantitative estimate of drug-likeness (QED) is 0.903. The van der Waals surface area contributed by atoms with Crippen LogP contribution in [-0.4, -0.2) is 11.1 Å². The molecule has 0 bridgehead atoms. The number of nitrogens with zero attached hydrogens (tertiary/aromatic N) is 1. The highest BCUT2D eigenvalue weighted by atomic mass is 79.9. The Balaban J connectivity index is 2.19. The van der Waals surface area contributed by atoms with Crippen LogP contribution in [0.4, 0.5) is 5.69 Å². The number of carboxylic acid groups (broad SMARTS) is 1. The van der Waals surface area contributed by atoms with Crippen molar-refractivity contribution in [1.29, 1.82) is 5.26 Å². The zero-order valence-corrected chi connectivity index (χ0v) is 11.3. The van der Waals surface area contributed by atoms with Gasteiger partial charge in [-0.25, -0.2) is 4.79 Å². The minimum atomic E-state index is -1.04. The Morgan fingerprint density at radius 1 is 1.47 bits per heavy atom. The van der Waals surface area contributed by atoms with Crippen molar-refractivity contribution in [2.75, 3.05) is 5.32 Å². The molecular weight excluding hydrogens is 312 g/mol. The van der Waals surface area contributed by atoms with Crippen molar-refractivity contribution in [3.05, 3.63) is 51.9 Å². The zero-order valence-electron chi connectivity index (χ0n) is 9.68. The van der Waals surface area contributed by atoms with Gasteiger partial charge in [-0.1, -0.05) is 15.9 Å². The third-order valence-electron chi connectivity index (χ3n) is 2.52. The standard InChI is InChI=1S/C13H9BrN2O3/c14-9-2-1-8(6-15)11(5-9)16-7-12-10(13(17)18)3-4-19-12/h1-5,16H,7H2,(H,17,18). The molecule has 1 aromatic heterocycles. The number of hydrogen-bond donors (Lipinski definition) is 2. The number of benzene rings is 1. The molecule has 0 fully saturated rings. The van der Waals surface area contributed by atoms with Gasteiger partial charge in [-0.3, -0.25) is 0 Å². The van der Waals surface area contributed by atoms with E-state index in [1.54, 1.807) is 18.2 Å². The Morgan fingerprint density at radius 3 is 2.95 bits per heavy atom. The van der Waals surface area contributed by atoms with Gasteiger partial charge in [0.25, 0.3) is 0 Å². The van der Waals surface area contributed by atoms with Gasteiger partial charge in [-0.15, -0.1) is 0 Å². The summed E-state index contributed by atoms with van der Waals surface area (Å²) in [5.74, 6) is -0.725. The number of halogens is 1. The lowest BCUT2D eigenvalue weighted by atomic mass is 10.2. The summed E-state index contributed by atoms with van der Waals surface area (Å²) in [5, 5.41) is 20.9. The molecule has 0 unspecified atom stereocenters. The summed E-state index contributed by atoms with van der Waals surface area (Å²) in [5.41, 5.74) is 1.21. The van der Waals surface area contributed by atoms with Gasteiger partial charge in [0, 0.05) is 4.47 Å².